The molecule has 8 nitrogen and oxygen atoms in total. The topological polar surface area (TPSA) is 112 Å². The summed E-state index contributed by atoms with van der Waals surface area (Å²) < 4.78 is 10.9. The number of nitrogens with zero attached hydrogens (tertiary/aromatic N) is 1. The minimum atomic E-state index is -1.02. The molecule has 1 unspecified atom stereocenters. The molecule has 2 aromatic carbocycles. The van der Waals surface area contributed by atoms with Crippen molar-refractivity contribution in [3.63, 3.8) is 0 Å². The standard InChI is InChI=1S/C28H28N2O6/c1-18(30-27(33)25-26(36-20(3)32)23(15-17-31)14-16-29-25)28(34)35-19(2)24(21-10-6-4-7-11-21)22-12-8-5-9-13-22/h4-14,16-19,24H,15H2,1-3H3,(H,30,33)/t18-,19?/m0/s1. The van der Waals surface area contributed by atoms with Crippen LogP contribution in [0.5, 0.6) is 5.75 Å². The zero-order chi connectivity index (χ0) is 26.1. The van der Waals surface area contributed by atoms with Gasteiger partial charge in [-0.3, -0.25) is 9.59 Å². The van der Waals surface area contributed by atoms with Crippen LogP contribution in [0.3, 0.4) is 0 Å². The smallest absolute Gasteiger partial charge is 0.328 e. The first-order valence-electron chi connectivity index (χ1n) is 11.5. The number of hydrogen-bond donors (Lipinski definition) is 1. The molecular weight excluding hydrogens is 460 g/mol. The average Bonchev–Trinajstić information content (AvgIpc) is 2.86. The fraction of sp³-hybridized carbons (Fsp3) is 0.250. The summed E-state index contributed by atoms with van der Waals surface area (Å²) in [5.74, 6) is -2.36. The van der Waals surface area contributed by atoms with Crippen LogP contribution in [0, 0.1) is 0 Å². The van der Waals surface area contributed by atoms with Crippen LogP contribution in [0.25, 0.3) is 0 Å². The van der Waals surface area contributed by atoms with Crippen molar-refractivity contribution in [2.45, 2.75) is 45.3 Å². The Morgan fingerprint density at radius 1 is 0.944 bits per heavy atom. The van der Waals surface area contributed by atoms with Crippen LogP contribution < -0.4 is 10.1 Å². The number of carbonyl (C=O) groups excluding carboxylic acids is 4. The van der Waals surface area contributed by atoms with Crippen molar-refractivity contribution in [2.75, 3.05) is 0 Å². The van der Waals surface area contributed by atoms with E-state index in [1.54, 1.807) is 6.92 Å². The third kappa shape index (κ3) is 6.63. The molecule has 1 aromatic heterocycles. The molecule has 36 heavy (non-hydrogen) atoms. The maximum absolute atomic E-state index is 12.9. The number of rotatable bonds is 10. The molecule has 8 heteroatoms. The highest BCUT2D eigenvalue weighted by molar-refractivity contribution is 5.98. The van der Waals surface area contributed by atoms with Gasteiger partial charge in [-0.2, -0.15) is 0 Å². The number of amides is 1. The molecule has 0 fully saturated rings. The summed E-state index contributed by atoms with van der Waals surface area (Å²) in [7, 11) is 0. The molecule has 0 aliphatic heterocycles. The first-order chi connectivity index (χ1) is 17.3. The van der Waals surface area contributed by atoms with E-state index in [0.29, 0.717) is 11.8 Å². The molecule has 1 heterocycles. The number of aromatic nitrogens is 1. The van der Waals surface area contributed by atoms with Gasteiger partial charge in [0.25, 0.3) is 5.91 Å². The molecule has 0 bridgehead atoms. The van der Waals surface area contributed by atoms with Crippen molar-refractivity contribution in [1.29, 1.82) is 0 Å². The lowest BCUT2D eigenvalue weighted by molar-refractivity contribution is -0.150. The van der Waals surface area contributed by atoms with Gasteiger partial charge >= 0.3 is 11.9 Å². The van der Waals surface area contributed by atoms with E-state index in [0.717, 1.165) is 11.1 Å². The highest BCUT2D eigenvalue weighted by atomic mass is 16.5. The number of carbonyl (C=O) groups is 4. The van der Waals surface area contributed by atoms with Gasteiger partial charge in [0.2, 0.25) is 0 Å². The van der Waals surface area contributed by atoms with E-state index in [9.17, 15) is 19.2 Å². The maximum atomic E-state index is 12.9. The molecule has 0 aliphatic rings. The van der Waals surface area contributed by atoms with E-state index < -0.39 is 30.0 Å². The third-order valence-electron chi connectivity index (χ3n) is 5.54. The Balaban J connectivity index is 1.76. The highest BCUT2D eigenvalue weighted by Gasteiger charge is 2.28. The van der Waals surface area contributed by atoms with Crippen LogP contribution in [-0.4, -0.2) is 41.3 Å². The largest absolute Gasteiger partial charge is 0.460 e. The van der Waals surface area contributed by atoms with Crippen molar-refractivity contribution < 1.29 is 28.7 Å². The van der Waals surface area contributed by atoms with E-state index in [4.69, 9.17) is 9.47 Å². The molecule has 1 amide bonds. The van der Waals surface area contributed by atoms with E-state index in [1.165, 1.54) is 26.1 Å². The van der Waals surface area contributed by atoms with Gasteiger partial charge in [0.15, 0.2) is 11.4 Å². The Morgan fingerprint density at radius 3 is 2.06 bits per heavy atom. The summed E-state index contributed by atoms with van der Waals surface area (Å²) >= 11 is 0. The summed E-state index contributed by atoms with van der Waals surface area (Å²) in [5, 5.41) is 2.55. The van der Waals surface area contributed by atoms with Crippen LogP contribution in [0.4, 0.5) is 0 Å². The van der Waals surface area contributed by atoms with Crippen molar-refractivity contribution in [3.05, 3.63) is 95.3 Å². The fourth-order valence-corrected chi connectivity index (χ4v) is 3.89. The molecule has 0 radical (unpaired) electrons. The Bertz CT molecular complexity index is 1170. The minimum Gasteiger partial charge on any atom is -0.460 e. The van der Waals surface area contributed by atoms with Crippen LogP contribution in [0.15, 0.2) is 72.9 Å². The van der Waals surface area contributed by atoms with Gasteiger partial charge in [-0.15, -0.1) is 0 Å². The summed E-state index contributed by atoms with van der Waals surface area (Å²) in [6.45, 7) is 4.48. The number of esters is 2. The Hall–Kier alpha value is -4.33. The van der Waals surface area contributed by atoms with Crippen LogP contribution in [0.2, 0.25) is 0 Å². The van der Waals surface area contributed by atoms with Crippen molar-refractivity contribution in [2.24, 2.45) is 0 Å². The molecule has 1 N–H and O–H groups in total. The number of pyridine rings is 1. The van der Waals surface area contributed by atoms with Crippen molar-refractivity contribution in [3.8, 4) is 5.75 Å². The summed E-state index contributed by atoms with van der Waals surface area (Å²) in [6.07, 6.45) is 1.35. The van der Waals surface area contributed by atoms with Crippen molar-refractivity contribution in [1.82, 2.24) is 10.3 Å². The van der Waals surface area contributed by atoms with E-state index in [2.05, 4.69) is 10.3 Å². The monoisotopic (exact) mass is 488 g/mol. The normalized spacial score (nSPS) is 12.3. The average molecular weight is 489 g/mol. The van der Waals surface area contributed by atoms with E-state index in [-0.39, 0.29) is 23.8 Å². The second-order valence-corrected chi connectivity index (χ2v) is 8.25. The Kier molecular flexibility index (Phi) is 9.05. The van der Waals surface area contributed by atoms with Crippen LogP contribution in [0.1, 0.15) is 53.9 Å². The van der Waals surface area contributed by atoms with E-state index >= 15 is 0 Å². The third-order valence-corrected chi connectivity index (χ3v) is 5.54. The number of benzene rings is 2. The highest BCUT2D eigenvalue weighted by Crippen LogP contribution is 2.30. The lowest BCUT2D eigenvalue weighted by atomic mass is 9.87. The van der Waals surface area contributed by atoms with Gasteiger partial charge in [0.1, 0.15) is 18.4 Å². The lowest BCUT2D eigenvalue weighted by Gasteiger charge is -2.26. The molecule has 0 saturated heterocycles. The molecule has 3 rings (SSSR count). The first-order valence-corrected chi connectivity index (χ1v) is 11.5. The fourth-order valence-electron chi connectivity index (χ4n) is 3.89. The van der Waals surface area contributed by atoms with Gasteiger partial charge in [-0.25, -0.2) is 9.78 Å². The summed E-state index contributed by atoms with van der Waals surface area (Å²) in [5.41, 5.74) is 2.10. The molecule has 186 valence electrons. The molecule has 0 spiro atoms. The number of hydrogen-bond acceptors (Lipinski definition) is 7. The zero-order valence-corrected chi connectivity index (χ0v) is 20.3. The maximum Gasteiger partial charge on any atom is 0.328 e. The Morgan fingerprint density at radius 2 is 1.53 bits per heavy atom. The number of ether oxygens (including phenoxy) is 2. The number of aldehydes is 1. The zero-order valence-electron chi connectivity index (χ0n) is 20.3. The lowest BCUT2D eigenvalue weighted by Crippen LogP contribution is -2.41. The predicted octanol–water partition coefficient (Wildman–Crippen LogP) is 3.63. The molecular formula is C28H28N2O6. The predicted molar refractivity (Wildman–Crippen MR) is 133 cm³/mol. The second-order valence-electron chi connectivity index (χ2n) is 8.25. The van der Waals surface area contributed by atoms with E-state index in [1.807, 2.05) is 60.7 Å². The SMILES string of the molecule is CC(=O)Oc1c(CC=O)ccnc1C(=O)N[C@@H](C)C(=O)OC(C)C(c1ccccc1)c1ccccc1. The molecule has 0 saturated carbocycles. The van der Waals surface area contributed by atoms with Crippen molar-refractivity contribution >= 4 is 24.1 Å². The Labute approximate surface area is 209 Å². The number of nitrogens with one attached hydrogen (secondary N) is 1. The second kappa shape index (κ2) is 12.4. The minimum absolute atomic E-state index is 0.0686. The van der Waals surface area contributed by atoms with Crippen LogP contribution in [-0.2, 0) is 25.5 Å². The first kappa shape index (κ1) is 26.3. The molecule has 2 atom stereocenters. The van der Waals surface area contributed by atoms with Gasteiger partial charge in [0.05, 0.1) is 0 Å². The van der Waals surface area contributed by atoms with Gasteiger partial charge in [0, 0.05) is 31.0 Å². The van der Waals surface area contributed by atoms with Gasteiger partial charge in [-0.05, 0) is 31.0 Å². The molecule has 0 aliphatic carbocycles. The summed E-state index contributed by atoms with van der Waals surface area (Å²) in [6, 6.07) is 19.9. The molecule has 3 aromatic rings. The quantitative estimate of drug-likeness (QED) is 0.343. The van der Waals surface area contributed by atoms with Gasteiger partial charge < -0.3 is 19.6 Å². The summed E-state index contributed by atoms with van der Waals surface area (Å²) in [4.78, 5) is 52.4. The van der Waals surface area contributed by atoms with Crippen LogP contribution >= 0.6 is 0 Å². The van der Waals surface area contributed by atoms with Gasteiger partial charge in [-0.1, -0.05) is 60.7 Å².